The number of amides is 2. The molecular weight excluding hydrogens is 480 g/mol. The van der Waals surface area contributed by atoms with E-state index in [1.807, 2.05) is 20.8 Å². The van der Waals surface area contributed by atoms with Gasteiger partial charge in [-0.05, 0) is 20.8 Å². The fourth-order valence-electron chi connectivity index (χ4n) is 1.87. The van der Waals surface area contributed by atoms with Crippen LogP contribution in [0.25, 0.3) is 0 Å². The molecule has 0 aromatic carbocycles. The normalized spacial score (nSPS) is 13.6. The fourth-order valence-corrected chi connectivity index (χ4v) is 5.14. The van der Waals surface area contributed by atoms with Crippen molar-refractivity contribution in [1.29, 1.82) is 0 Å². The molecule has 0 saturated carbocycles. The average Bonchev–Trinajstić information content (AvgIpc) is 2.59. The van der Waals surface area contributed by atoms with Gasteiger partial charge in [-0.1, -0.05) is 54.1 Å². The summed E-state index contributed by atoms with van der Waals surface area (Å²) in [6.45, 7) is 10.9. The van der Waals surface area contributed by atoms with E-state index in [1.54, 1.807) is 20.8 Å². The SMILES string of the molecule is CC(C)(C)OC(=O)N[C@@H](CSC(=O)N[C@@H](CSSC(C)(C)C)C(=O)CCC(=O)O)C(=O)O. The second kappa shape index (κ2) is 13.8. The first kappa shape index (κ1) is 30.4. The Morgan fingerprint density at radius 1 is 0.875 bits per heavy atom. The molecule has 0 aliphatic rings. The smallest absolute Gasteiger partial charge is 0.408 e. The zero-order valence-electron chi connectivity index (χ0n) is 19.1. The zero-order chi connectivity index (χ0) is 25.1. The fraction of sp³-hybridized carbons (Fsp3) is 0.737. The van der Waals surface area contributed by atoms with E-state index in [1.165, 1.54) is 21.6 Å². The van der Waals surface area contributed by atoms with Crippen molar-refractivity contribution in [3.05, 3.63) is 0 Å². The first-order valence-corrected chi connectivity index (χ1v) is 13.0. The number of Topliss-reactive ketones (excluding diaryl/α,β-unsaturated/α-hetero) is 1. The van der Waals surface area contributed by atoms with Gasteiger partial charge in [-0.15, -0.1) is 0 Å². The van der Waals surface area contributed by atoms with Crippen LogP contribution in [0.3, 0.4) is 0 Å². The lowest BCUT2D eigenvalue weighted by atomic mass is 10.1. The van der Waals surface area contributed by atoms with E-state index in [0.29, 0.717) is 11.8 Å². The Kier molecular flexibility index (Phi) is 13.1. The Labute approximate surface area is 200 Å². The third-order valence-corrected chi connectivity index (χ3v) is 7.41. The summed E-state index contributed by atoms with van der Waals surface area (Å²) in [5, 5.41) is 22.1. The quantitative estimate of drug-likeness (QED) is 0.284. The minimum absolute atomic E-state index is 0.0832. The van der Waals surface area contributed by atoms with E-state index in [0.717, 1.165) is 0 Å². The van der Waals surface area contributed by atoms with Gasteiger partial charge < -0.3 is 25.6 Å². The summed E-state index contributed by atoms with van der Waals surface area (Å²) in [4.78, 5) is 58.7. The number of aliphatic carboxylic acids is 2. The molecule has 0 aromatic heterocycles. The lowest BCUT2D eigenvalue weighted by Gasteiger charge is -2.22. The molecule has 0 aliphatic heterocycles. The van der Waals surface area contributed by atoms with Crippen molar-refractivity contribution in [3.8, 4) is 0 Å². The molecule has 0 bridgehead atoms. The number of carboxylic acids is 2. The largest absolute Gasteiger partial charge is 0.481 e. The van der Waals surface area contributed by atoms with Crippen LogP contribution in [0.2, 0.25) is 0 Å². The number of hydrogen-bond donors (Lipinski definition) is 4. The summed E-state index contributed by atoms with van der Waals surface area (Å²) >= 11 is 0.596. The molecule has 0 saturated heterocycles. The molecule has 0 spiro atoms. The van der Waals surface area contributed by atoms with Gasteiger partial charge in [-0.25, -0.2) is 9.59 Å². The molecule has 2 amide bonds. The summed E-state index contributed by atoms with van der Waals surface area (Å²) in [6, 6.07) is -2.30. The van der Waals surface area contributed by atoms with Crippen LogP contribution in [0.5, 0.6) is 0 Å². The predicted octanol–water partition coefficient (Wildman–Crippen LogP) is 3.39. The van der Waals surface area contributed by atoms with Gasteiger partial charge in [0, 0.05) is 22.7 Å². The van der Waals surface area contributed by atoms with Crippen molar-refractivity contribution in [2.75, 3.05) is 11.5 Å². The first-order valence-electron chi connectivity index (χ1n) is 9.71. The third-order valence-electron chi connectivity index (χ3n) is 3.18. The molecular formula is C19H32N2O8S3. The van der Waals surface area contributed by atoms with Crippen molar-refractivity contribution in [2.45, 2.75) is 76.8 Å². The van der Waals surface area contributed by atoms with Gasteiger partial charge in [-0.3, -0.25) is 14.4 Å². The molecule has 0 rings (SSSR count). The average molecular weight is 513 g/mol. The van der Waals surface area contributed by atoms with Crippen molar-refractivity contribution in [3.63, 3.8) is 0 Å². The number of ether oxygens (including phenoxy) is 1. The highest BCUT2D eigenvalue weighted by molar-refractivity contribution is 8.77. The molecule has 0 aromatic rings. The first-order chi connectivity index (χ1) is 14.5. The number of carbonyl (C=O) groups is 5. The molecule has 184 valence electrons. The molecule has 32 heavy (non-hydrogen) atoms. The number of hydrogen-bond acceptors (Lipinski definition) is 9. The van der Waals surface area contributed by atoms with Crippen LogP contribution in [0.1, 0.15) is 54.4 Å². The molecule has 2 atom stereocenters. The van der Waals surface area contributed by atoms with Crippen LogP contribution in [0.15, 0.2) is 0 Å². The number of alkyl carbamates (subject to hydrolysis) is 1. The van der Waals surface area contributed by atoms with Gasteiger partial charge in [0.1, 0.15) is 11.6 Å². The molecule has 13 heteroatoms. The summed E-state index contributed by atoms with van der Waals surface area (Å²) < 4.78 is 4.94. The molecule has 4 N–H and O–H groups in total. The van der Waals surface area contributed by atoms with Crippen molar-refractivity contribution in [2.24, 2.45) is 0 Å². The number of nitrogens with one attached hydrogen (secondary N) is 2. The Bertz CT molecular complexity index is 689. The van der Waals surface area contributed by atoms with Gasteiger partial charge in [0.2, 0.25) is 0 Å². The second-order valence-electron chi connectivity index (χ2n) is 8.67. The maximum absolute atomic E-state index is 12.4. The van der Waals surface area contributed by atoms with Gasteiger partial charge in [0.15, 0.2) is 5.78 Å². The number of thioether (sulfide) groups is 1. The monoisotopic (exact) mass is 512 g/mol. The molecule has 0 radical (unpaired) electrons. The summed E-state index contributed by atoms with van der Waals surface area (Å²) in [6.07, 6.45) is -1.51. The second-order valence-corrected chi connectivity index (χ2v) is 12.8. The Hall–Kier alpha value is -1.60. The van der Waals surface area contributed by atoms with Crippen LogP contribution in [0.4, 0.5) is 9.59 Å². The third kappa shape index (κ3) is 16.1. The maximum atomic E-state index is 12.4. The van der Waals surface area contributed by atoms with Crippen LogP contribution in [-0.2, 0) is 19.1 Å². The molecule has 0 unspecified atom stereocenters. The van der Waals surface area contributed by atoms with Gasteiger partial charge in [-0.2, -0.15) is 0 Å². The van der Waals surface area contributed by atoms with E-state index in [4.69, 9.17) is 9.84 Å². The summed E-state index contributed by atoms with van der Waals surface area (Å²) in [5.74, 6) is -2.95. The van der Waals surface area contributed by atoms with Gasteiger partial charge in [0.25, 0.3) is 5.24 Å². The van der Waals surface area contributed by atoms with Crippen LogP contribution in [-0.4, -0.2) is 73.2 Å². The lowest BCUT2D eigenvalue weighted by Crippen LogP contribution is -2.46. The van der Waals surface area contributed by atoms with Crippen molar-refractivity contribution in [1.82, 2.24) is 10.6 Å². The molecule has 0 heterocycles. The molecule has 0 aliphatic carbocycles. The molecule has 10 nitrogen and oxygen atoms in total. The van der Waals surface area contributed by atoms with E-state index in [-0.39, 0.29) is 29.1 Å². The Morgan fingerprint density at radius 2 is 1.47 bits per heavy atom. The van der Waals surface area contributed by atoms with E-state index in [2.05, 4.69) is 10.6 Å². The predicted molar refractivity (Wildman–Crippen MR) is 127 cm³/mol. The van der Waals surface area contributed by atoms with E-state index < -0.39 is 46.7 Å². The van der Waals surface area contributed by atoms with Gasteiger partial charge in [0.05, 0.1) is 12.5 Å². The van der Waals surface area contributed by atoms with Crippen LogP contribution < -0.4 is 10.6 Å². The Balaban J connectivity index is 4.93. The number of rotatable bonds is 12. The molecule has 0 fully saturated rings. The Morgan fingerprint density at radius 3 is 1.94 bits per heavy atom. The van der Waals surface area contributed by atoms with Crippen molar-refractivity contribution >= 4 is 62.4 Å². The minimum atomic E-state index is -1.38. The highest BCUT2D eigenvalue weighted by Gasteiger charge is 2.27. The van der Waals surface area contributed by atoms with Crippen LogP contribution >= 0.6 is 33.3 Å². The zero-order valence-corrected chi connectivity index (χ0v) is 21.5. The topological polar surface area (TPSA) is 159 Å². The number of carboxylic acid groups (broad SMARTS) is 2. The number of ketones is 1. The maximum Gasteiger partial charge on any atom is 0.408 e. The highest BCUT2D eigenvalue weighted by Crippen LogP contribution is 2.35. The van der Waals surface area contributed by atoms with E-state index >= 15 is 0 Å². The van der Waals surface area contributed by atoms with E-state index in [9.17, 15) is 29.1 Å². The minimum Gasteiger partial charge on any atom is -0.481 e. The highest BCUT2D eigenvalue weighted by atomic mass is 33.1. The standard InChI is InChI=1S/C19H32N2O8S3/c1-18(2,3)29-16(27)20-12(15(25)26)9-30-17(28)21-11(10-31-32-19(4,5)6)13(22)7-8-14(23)24/h11-12H,7-10H2,1-6H3,(H,20,27)(H,21,28)(H,23,24)(H,25,26)/t11-,12-/m0/s1. The summed E-state index contributed by atoms with van der Waals surface area (Å²) in [5.41, 5.74) is -0.816. The summed E-state index contributed by atoms with van der Waals surface area (Å²) in [7, 11) is 2.89. The number of carbonyl (C=O) groups excluding carboxylic acids is 3. The van der Waals surface area contributed by atoms with Gasteiger partial charge >= 0.3 is 18.0 Å². The lowest BCUT2D eigenvalue weighted by molar-refractivity contribution is -0.139. The van der Waals surface area contributed by atoms with Crippen molar-refractivity contribution < 1.29 is 38.9 Å². The van der Waals surface area contributed by atoms with Crippen LogP contribution in [0, 0.1) is 0 Å².